The number of amides is 1. The molecular formula is C20H19N7O2. The number of para-hydroxylation sites is 2. The van der Waals surface area contributed by atoms with Gasteiger partial charge in [0, 0.05) is 25.4 Å². The minimum absolute atomic E-state index is 0.270. The summed E-state index contributed by atoms with van der Waals surface area (Å²) in [7, 11) is 0. The maximum atomic E-state index is 12.5. The first kappa shape index (κ1) is 17.4. The van der Waals surface area contributed by atoms with Gasteiger partial charge in [-0.3, -0.25) is 9.89 Å². The van der Waals surface area contributed by atoms with E-state index >= 15 is 0 Å². The number of H-pyrrole nitrogens is 2. The van der Waals surface area contributed by atoms with Crippen LogP contribution in [0.15, 0.2) is 48.7 Å². The predicted molar refractivity (Wildman–Crippen MR) is 109 cm³/mol. The first-order valence-corrected chi connectivity index (χ1v) is 9.37. The molecule has 146 valence electrons. The van der Waals surface area contributed by atoms with Gasteiger partial charge in [-0.05, 0) is 24.3 Å². The van der Waals surface area contributed by atoms with Gasteiger partial charge in [-0.1, -0.05) is 12.1 Å². The van der Waals surface area contributed by atoms with Gasteiger partial charge in [0.05, 0.1) is 29.8 Å². The standard InChI is InChI=1S/C20H19N7O2/c28-20(13-5-6-18(21-12-13)27-7-9-29-10-8-27)24-17-11-16(25-26-17)19-22-14-3-1-2-4-15(14)23-19/h1-6,11-12H,7-10H2,(H,22,23)(H2,24,25,26,28). The zero-order valence-electron chi connectivity index (χ0n) is 15.6. The highest BCUT2D eigenvalue weighted by molar-refractivity contribution is 6.03. The lowest BCUT2D eigenvalue weighted by Gasteiger charge is -2.27. The molecule has 3 N–H and O–H groups in total. The lowest BCUT2D eigenvalue weighted by Crippen LogP contribution is -2.36. The molecule has 0 bridgehead atoms. The zero-order valence-corrected chi connectivity index (χ0v) is 15.6. The van der Waals surface area contributed by atoms with Crippen LogP contribution in [0, 0.1) is 0 Å². The molecule has 0 aliphatic carbocycles. The normalized spacial score (nSPS) is 14.3. The SMILES string of the molecule is O=C(Nc1cc(-c2nc3ccccc3[nH]2)[nH]n1)c1ccc(N2CCOCC2)nc1. The van der Waals surface area contributed by atoms with E-state index in [0.29, 0.717) is 36.1 Å². The second-order valence-corrected chi connectivity index (χ2v) is 6.73. The molecule has 3 aromatic heterocycles. The summed E-state index contributed by atoms with van der Waals surface area (Å²) < 4.78 is 5.35. The van der Waals surface area contributed by atoms with Crippen LogP contribution in [0.2, 0.25) is 0 Å². The Labute approximate surface area is 166 Å². The van der Waals surface area contributed by atoms with Gasteiger partial charge in [0.15, 0.2) is 11.6 Å². The Bertz CT molecular complexity index is 1110. The van der Waals surface area contributed by atoms with Gasteiger partial charge in [0.25, 0.3) is 5.91 Å². The number of fused-ring (bicyclic) bond motifs is 1. The highest BCUT2D eigenvalue weighted by atomic mass is 16.5. The van der Waals surface area contributed by atoms with Crippen LogP contribution in [0.1, 0.15) is 10.4 Å². The van der Waals surface area contributed by atoms with Crippen molar-refractivity contribution in [3.63, 3.8) is 0 Å². The number of nitrogens with one attached hydrogen (secondary N) is 3. The number of rotatable bonds is 4. The van der Waals surface area contributed by atoms with Crippen LogP contribution in [0.4, 0.5) is 11.6 Å². The number of aromatic amines is 2. The third-order valence-corrected chi connectivity index (χ3v) is 4.81. The molecule has 0 spiro atoms. The molecule has 1 fully saturated rings. The molecule has 9 nitrogen and oxygen atoms in total. The Hall–Kier alpha value is -3.72. The molecule has 9 heteroatoms. The summed E-state index contributed by atoms with van der Waals surface area (Å²) in [6, 6.07) is 13.1. The maximum Gasteiger partial charge on any atom is 0.258 e. The van der Waals surface area contributed by atoms with Crippen molar-refractivity contribution >= 4 is 28.6 Å². The highest BCUT2D eigenvalue weighted by Crippen LogP contribution is 2.21. The highest BCUT2D eigenvalue weighted by Gasteiger charge is 2.15. The van der Waals surface area contributed by atoms with Crippen LogP contribution in [0.5, 0.6) is 0 Å². The van der Waals surface area contributed by atoms with E-state index in [-0.39, 0.29) is 5.91 Å². The summed E-state index contributed by atoms with van der Waals surface area (Å²) in [5.41, 5.74) is 2.97. The molecule has 0 atom stereocenters. The van der Waals surface area contributed by atoms with Gasteiger partial charge in [0.1, 0.15) is 11.5 Å². The van der Waals surface area contributed by atoms with Gasteiger partial charge in [-0.25, -0.2) is 9.97 Å². The minimum Gasteiger partial charge on any atom is -0.378 e. The van der Waals surface area contributed by atoms with Crippen LogP contribution in [-0.2, 0) is 4.74 Å². The summed E-state index contributed by atoms with van der Waals surface area (Å²) in [6.45, 7) is 2.99. The van der Waals surface area contributed by atoms with Crippen LogP contribution in [0.25, 0.3) is 22.6 Å². The monoisotopic (exact) mass is 389 g/mol. The minimum atomic E-state index is -0.270. The van der Waals surface area contributed by atoms with Crippen molar-refractivity contribution in [2.24, 2.45) is 0 Å². The number of anilines is 2. The lowest BCUT2D eigenvalue weighted by molar-refractivity contribution is 0.102. The number of carbonyl (C=O) groups is 1. The molecule has 1 aliphatic rings. The van der Waals surface area contributed by atoms with Gasteiger partial charge < -0.3 is 19.9 Å². The Morgan fingerprint density at radius 2 is 2.00 bits per heavy atom. The number of hydrogen-bond donors (Lipinski definition) is 3. The Morgan fingerprint density at radius 1 is 1.14 bits per heavy atom. The van der Waals surface area contributed by atoms with Crippen molar-refractivity contribution in [2.75, 3.05) is 36.5 Å². The van der Waals surface area contributed by atoms with Crippen LogP contribution in [-0.4, -0.2) is 57.4 Å². The summed E-state index contributed by atoms with van der Waals surface area (Å²) in [6.07, 6.45) is 1.58. The maximum absolute atomic E-state index is 12.5. The molecule has 1 aromatic carbocycles. The lowest BCUT2D eigenvalue weighted by atomic mass is 10.2. The van der Waals surface area contributed by atoms with E-state index in [1.54, 1.807) is 18.3 Å². The van der Waals surface area contributed by atoms with Crippen molar-refractivity contribution in [3.05, 3.63) is 54.2 Å². The van der Waals surface area contributed by atoms with Crippen LogP contribution < -0.4 is 10.2 Å². The van der Waals surface area contributed by atoms with Crippen molar-refractivity contribution in [3.8, 4) is 11.5 Å². The second-order valence-electron chi connectivity index (χ2n) is 6.73. The summed E-state index contributed by atoms with van der Waals surface area (Å²) in [5, 5.41) is 9.84. The molecule has 29 heavy (non-hydrogen) atoms. The van der Waals surface area contributed by atoms with Crippen molar-refractivity contribution in [1.29, 1.82) is 0 Å². The van der Waals surface area contributed by atoms with Crippen molar-refractivity contribution in [2.45, 2.75) is 0 Å². The topological polar surface area (TPSA) is 112 Å². The van der Waals surface area contributed by atoms with E-state index in [9.17, 15) is 4.79 Å². The van der Waals surface area contributed by atoms with Crippen LogP contribution in [0.3, 0.4) is 0 Å². The summed E-state index contributed by atoms with van der Waals surface area (Å²) in [4.78, 5) is 26.8. The number of morpholine rings is 1. The number of aromatic nitrogens is 5. The molecular weight excluding hydrogens is 370 g/mol. The average molecular weight is 389 g/mol. The van der Waals surface area contributed by atoms with Gasteiger partial charge in [-0.15, -0.1) is 0 Å². The summed E-state index contributed by atoms with van der Waals surface area (Å²) >= 11 is 0. The smallest absolute Gasteiger partial charge is 0.258 e. The van der Waals surface area contributed by atoms with E-state index in [1.165, 1.54) is 0 Å². The van der Waals surface area contributed by atoms with E-state index < -0.39 is 0 Å². The summed E-state index contributed by atoms with van der Waals surface area (Å²) in [5.74, 6) is 1.66. The quantitative estimate of drug-likeness (QED) is 0.494. The number of nitrogens with zero attached hydrogens (tertiary/aromatic N) is 4. The average Bonchev–Trinajstić information content (AvgIpc) is 3.41. The predicted octanol–water partition coefficient (Wildman–Crippen LogP) is 2.44. The molecule has 5 rings (SSSR count). The number of ether oxygens (including phenoxy) is 1. The van der Waals surface area contributed by atoms with Crippen LogP contribution >= 0.6 is 0 Å². The van der Waals surface area contributed by atoms with Gasteiger partial charge in [-0.2, -0.15) is 5.10 Å². The Balaban J connectivity index is 1.28. The molecule has 0 saturated carbocycles. The van der Waals surface area contributed by atoms with E-state index in [4.69, 9.17) is 4.74 Å². The van der Waals surface area contributed by atoms with Crippen molar-refractivity contribution in [1.82, 2.24) is 25.1 Å². The number of imidazole rings is 1. The second kappa shape index (κ2) is 7.36. The Morgan fingerprint density at radius 3 is 2.79 bits per heavy atom. The largest absolute Gasteiger partial charge is 0.378 e. The van der Waals surface area contributed by atoms with E-state index in [0.717, 1.165) is 29.9 Å². The fourth-order valence-electron chi connectivity index (χ4n) is 3.28. The fourth-order valence-corrected chi connectivity index (χ4v) is 3.28. The number of pyridine rings is 1. The first-order valence-electron chi connectivity index (χ1n) is 9.37. The van der Waals surface area contributed by atoms with Crippen molar-refractivity contribution < 1.29 is 9.53 Å². The molecule has 1 aliphatic heterocycles. The van der Waals surface area contributed by atoms with E-state index in [1.807, 2.05) is 30.3 Å². The molecule has 4 aromatic rings. The molecule has 0 unspecified atom stereocenters. The fraction of sp³-hybridized carbons (Fsp3) is 0.200. The third-order valence-electron chi connectivity index (χ3n) is 4.81. The number of hydrogen-bond acceptors (Lipinski definition) is 6. The van der Waals surface area contributed by atoms with Gasteiger partial charge in [0.2, 0.25) is 0 Å². The van der Waals surface area contributed by atoms with Gasteiger partial charge >= 0.3 is 0 Å². The molecule has 1 amide bonds. The first-order chi connectivity index (χ1) is 14.3. The molecule has 4 heterocycles. The Kier molecular flexibility index (Phi) is 4.41. The molecule has 0 radical (unpaired) electrons. The zero-order chi connectivity index (χ0) is 19.6. The third kappa shape index (κ3) is 3.55. The number of carbonyl (C=O) groups excluding carboxylic acids is 1. The number of benzene rings is 1. The molecule has 1 saturated heterocycles. The van der Waals surface area contributed by atoms with E-state index in [2.05, 4.69) is 35.4 Å².